The Balaban J connectivity index is 2.35. The summed E-state index contributed by atoms with van der Waals surface area (Å²) in [4.78, 5) is 13.1. The topological polar surface area (TPSA) is 75.4 Å². The Morgan fingerprint density at radius 1 is 0.732 bits per heavy atom. The van der Waals surface area contributed by atoms with Crippen molar-refractivity contribution in [2.24, 2.45) is 5.73 Å². The maximum atomic E-state index is 14.6. The zero-order chi connectivity index (χ0) is 31.0. The third-order valence-corrected chi connectivity index (χ3v) is 6.30. The Morgan fingerprint density at radius 3 is 1.73 bits per heavy atom. The lowest BCUT2D eigenvalue weighted by atomic mass is 9.76. The third kappa shape index (κ3) is 6.30. The highest BCUT2D eigenvalue weighted by atomic mass is 19.4. The second-order valence-corrected chi connectivity index (χ2v) is 9.03. The number of amides is 1. The highest BCUT2D eigenvalue weighted by Gasteiger charge is 2.75. The normalized spacial score (nSPS) is 15.2. The average molecular weight is 600 g/mol. The van der Waals surface area contributed by atoms with Gasteiger partial charge < -0.3 is 16.2 Å². The quantitative estimate of drug-likeness (QED) is 0.302. The van der Waals surface area contributed by atoms with E-state index in [1.807, 2.05) is 0 Å². The van der Waals surface area contributed by atoms with E-state index in [0.29, 0.717) is 12.1 Å². The molecule has 4 N–H and O–H groups in total. The van der Waals surface area contributed by atoms with Gasteiger partial charge in [-0.3, -0.25) is 4.79 Å². The fraction of sp³-hybridized carbons (Fsp3) is 0.269. The summed E-state index contributed by atoms with van der Waals surface area (Å²) < 4.78 is 150. The molecular weight excluding hydrogens is 581 g/mol. The first-order valence-corrected chi connectivity index (χ1v) is 11.3. The molecule has 222 valence electrons. The first-order chi connectivity index (χ1) is 18.7. The van der Waals surface area contributed by atoms with E-state index in [0.717, 1.165) is 24.3 Å². The van der Waals surface area contributed by atoms with E-state index < -0.39 is 70.8 Å². The van der Waals surface area contributed by atoms with Crippen LogP contribution in [0.3, 0.4) is 0 Å². The van der Waals surface area contributed by atoms with Crippen LogP contribution in [0, 0.1) is 11.6 Å². The zero-order valence-corrected chi connectivity index (χ0v) is 20.3. The first kappa shape index (κ1) is 31.8. The van der Waals surface area contributed by atoms with Crippen LogP contribution in [0.25, 0.3) is 0 Å². The molecule has 0 saturated carbocycles. The van der Waals surface area contributed by atoms with Crippen molar-refractivity contribution >= 4 is 5.91 Å². The van der Waals surface area contributed by atoms with Gasteiger partial charge in [0.05, 0.1) is 11.1 Å². The monoisotopic (exact) mass is 600 g/mol. The molecule has 0 radical (unpaired) electrons. The lowest BCUT2D eigenvalue weighted by Gasteiger charge is -2.41. The van der Waals surface area contributed by atoms with E-state index in [-0.39, 0.29) is 17.2 Å². The average Bonchev–Trinajstić information content (AvgIpc) is 2.86. The molecule has 0 bridgehead atoms. The summed E-state index contributed by atoms with van der Waals surface area (Å²) in [6, 6.07) is 7.29. The van der Waals surface area contributed by atoms with E-state index in [9.17, 15) is 58.2 Å². The second-order valence-electron chi connectivity index (χ2n) is 9.03. The van der Waals surface area contributed by atoms with Crippen LogP contribution in [0.2, 0.25) is 0 Å². The van der Waals surface area contributed by atoms with Gasteiger partial charge in [0.15, 0.2) is 0 Å². The Bertz CT molecular complexity index is 1360. The van der Waals surface area contributed by atoms with Crippen molar-refractivity contribution in [3.8, 4) is 0 Å². The predicted molar refractivity (Wildman–Crippen MR) is 122 cm³/mol. The predicted octanol–water partition coefficient (Wildman–Crippen LogP) is 5.77. The van der Waals surface area contributed by atoms with Gasteiger partial charge in [-0.25, -0.2) is 8.78 Å². The molecule has 0 aliphatic carbocycles. The standard InChI is InChI=1S/C26H19F11N2O2/c27-18-8-6-15(7-9-18)22(13-14-4-2-1-3-5-14,16-10-17(24(29,30)31)12-19(28)11-16)39-21(40)20(38)23(41,25(32,33)34)26(35,36)37/h1-12,20,41H,13,38H2,(H,39,40)/t20?,22-/m1/s1. The third-order valence-electron chi connectivity index (χ3n) is 6.30. The van der Waals surface area contributed by atoms with Crippen molar-refractivity contribution < 1.29 is 58.2 Å². The first-order valence-electron chi connectivity index (χ1n) is 11.3. The molecule has 15 heteroatoms. The van der Waals surface area contributed by atoms with E-state index in [1.54, 1.807) is 5.32 Å². The van der Waals surface area contributed by atoms with Gasteiger partial charge in [0.1, 0.15) is 17.7 Å². The van der Waals surface area contributed by atoms with Crippen molar-refractivity contribution in [2.45, 2.75) is 42.1 Å². The molecule has 0 saturated heterocycles. The molecule has 0 aliphatic rings. The number of nitrogens with two attached hydrogens (primary N) is 1. The summed E-state index contributed by atoms with van der Waals surface area (Å²) >= 11 is 0. The molecule has 4 nitrogen and oxygen atoms in total. The lowest BCUT2D eigenvalue weighted by Crippen LogP contribution is -2.72. The number of hydrogen-bond donors (Lipinski definition) is 3. The van der Waals surface area contributed by atoms with Crippen molar-refractivity contribution in [1.29, 1.82) is 0 Å². The fourth-order valence-corrected chi connectivity index (χ4v) is 4.19. The lowest BCUT2D eigenvalue weighted by molar-refractivity contribution is -0.371. The molecule has 0 aromatic heterocycles. The molecule has 2 atom stereocenters. The van der Waals surface area contributed by atoms with Crippen LogP contribution in [0.15, 0.2) is 72.8 Å². The SMILES string of the molecule is NC(C(=O)N[C@](Cc1ccccc1)(c1ccc(F)cc1)c1cc(F)cc(C(F)(F)F)c1)C(O)(C(F)(F)F)C(F)(F)F. The molecule has 1 unspecified atom stereocenters. The number of halogens is 11. The maximum absolute atomic E-state index is 14.6. The minimum atomic E-state index is -6.54. The van der Waals surface area contributed by atoms with Gasteiger partial charge in [-0.05, 0) is 47.0 Å². The molecule has 1 amide bonds. The van der Waals surface area contributed by atoms with Crippen LogP contribution < -0.4 is 11.1 Å². The smallest absolute Gasteiger partial charge is 0.372 e. The van der Waals surface area contributed by atoms with Crippen LogP contribution in [-0.4, -0.2) is 35.0 Å². The molecule has 0 fully saturated rings. The summed E-state index contributed by atoms with van der Waals surface area (Å²) in [5, 5.41) is 11.5. The minimum absolute atomic E-state index is 0.0705. The highest BCUT2D eigenvalue weighted by Crippen LogP contribution is 2.45. The molecule has 0 spiro atoms. The summed E-state index contributed by atoms with van der Waals surface area (Å²) in [6.45, 7) is 0. The number of carbonyl (C=O) groups is 1. The fourth-order valence-electron chi connectivity index (χ4n) is 4.19. The number of aliphatic hydroxyl groups is 1. The zero-order valence-electron chi connectivity index (χ0n) is 20.3. The van der Waals surface area contributed by atoms with Crippen LogP contribution in [0.4, 0.5) is 48.3 Å². The summed E-state index contributed by atoms with van der Waals surface area (Å²) in [6.07, 6.45) is -19.0. The van der Waals surface area contributed by atoms with E-state index >= 15 is 0 Å². The molecule has 41 heavy (non-hydrogen) atoms. The number of nitrogens with one attached hydrogen (secondary N) is 1. The van der Waals surface area contributed by atoms with Gasteiger partial charge >= 0.3 is 18.5 Å². The maximum Gasteiger partial charge on any atom is 0.428 e. The Hall–Kier alpha value is -3.72. The number of rotatable bonds is 7. The molecule has 0 aliphatic heterocycles. The van der Waals surface area contributed by atoms with Gasteiger partial charge in [0, 0.05) is 6.42 Å². The summed E-state index contributed by atoms with van der Waals surface area (Å²) in [7, 11) is 0. The minimum Gasteiger partial charge on any atom is -0.372 e. The summed E-state index contributed by atoms with van der Waals surface area (Å²) in [5.41, 5.74) is -5.95. The van der Waals surface area contributed by atoms with Crippen molar-refractivity contribution in [2.75, 3.05) is 0 Å². The largest absolute Gasteiger partial charge is 0.428 e. The Kier molecular flexibility index (Phi) is 8.48. The second kappa shape index (κ2) is 10.9. The van der Waals surface area contributed by atoms with Gasteiger partial charge in [0.2, 0.25) is 5.91 Å². The van der Waals surface area contributed by atoms with Gasteiger partial charge in [-0.1, -0.05) is 42.5 Å². The van der Waals surface area contributed by atoms with Crippen LogP contribution in [-0.2, 0) is 22.9 Å². The number of benzene rings is 3. The molecule has 3 aromatic carbocycles. The van der Waals surface area contributed by atoms with Gasteiger partial charge in [0.25, 0.3) is 5.60 Å². The van der Waals surface area contributed by atoms with Crippen molar-refractivity contribution in [3.63, 3.8) is 0 Å². The Labute approximate surface area is 224 Å². The van der Waals surface area contributed by atoms with Gasteiger partial charge in [-0.2, -0.15) is 39.5 Å². The number of hydrogen-bond acceptors (Lipinski definition) is 3. The number of alkyl halides is 9. The van der Waals surface area contributed by atoms with Crippen LogP contribution in [0.1, 0.15) is 22.3 Å². The van der Waals surface area contributed by atoms with Crippen molar-refractivity contribution in [1.82, 2.24) is 5.32 Å². The number of carbonyl (C=O) groups excluding carboxylic acids is 1. The molecular formula is C26H19F11N2O2. The highest BCUT2D eigenvalue weighted by molar-refractivity contribution is 5.85. The van der Waals surface area contributed by atoms with Crippen LogP contribution in [0.5, 0.6) is 0 Å². The molecule has 3 rings (SSSR count). The van der Waals surface area contributed by atoms with Crippen LogP contribution >= 0.6 is 0 Å². The molecule has 0 heterocycles. The van der Waals surface area contributed by atoms with E-state index in [1.165, 1.54) is 30.3 Å². The molecule has 3 aromatic rings. The Morgan fingerprint density at radius 2 is 1.24 bits per heavy atom. The van der Waals surface area contributed by atoms with Gasteiger partial charge in [-0.15, -0.1) is 0 Å². The summed E-state index contributed by atoms with van der Waals surface area (Å²) in [5.74, 6) is -4.76. The van der Waals surface area contributed by atoms with Crippen molar-refractivity contribution in [3.05, 3.63) is 107 Å². The van der Waals surface area contributed by atoms with E-state index in [2.05, 4.69) is 0 Å². The van der Waals surface area contributed by atoms with E-state index in [4.69, 9.17) is 5.73 Å².